The summed E-state index contributed by atoms with van der Waals surface area (Å²) < 4.78 is 82.2. The third-order valence-electron chi connectivity index (χ3n) is 0.654. The van der Waals surface area contributed by atoms with Gasteiger partial charge in [-0.1, -0.05) is 0 Å². The molecule has 0 heterocycles. The molecule has 0 bridgehead atoms. The van der Waals surface area contributed by atoms with Gasteiger partial charge in [0.1, 0.15) is 0 Å². The van der Waals surface area contributed by atoms with Crippen molar-refractivity contribution in [2.45, 2.75) is 11.4 Å². The van der Waals surface area contributed by atoms with Gasteiger partial charge < -0.3 is 0 Å². The maximum atomic E-state index is 11.5. The molecule has 0 aliphatic rings. The SMILES string of the molecule is O=S(=O)(O)C(F)(F)C(F)(F)F.[K]. The zero-order valence-corrected chi connectivity index (χ0v) is 9.50. The smallest absolute Gasteiger partial charge is 0.281 e. The van der Waals surface area contributed by atoms with Gasteiger partial charge in [-0.25, -0.2) is 0 Å². The summed E-state index contributed by atoms with van der Waals surface area (Å²) in [6.45, 7) is 0. The van der Waals surface area contributed by atoms with E-state index in [0.717, 1.165) is 0 Å². The minimum atomic E-state index is -6.42. The second-order valence-corrected chi connectivity index (χ2v) is 2.95. The molecule has 0 aromatic carbocycles. The largest absolute Gasteiger partial charge is 0.472 e. The fourth-order valence-electron chi connectivity index (χ4n) is 0.146. The first-order valence-corrected chi connectivity index (χ1v) is 3.36. The fourth-order valence-corrected chi connectivity index (χ4v) is 0.439. The van der Waals surface area contributed by atoms with Crippen LogP contribution in [0.25, 0.3) is 0 Å². The summed E-state index contributed by atoms with van der Waals surface area (Å²) in [5.41, 5.74) is 0. The zero-order valence-electron chi connectivity index (χ0n) is 5.56. The molecule has 0 aliphatic carbocycles. The van der Waals surface area contributed by atoms with E-state index in [1.165, 1.54) is 0 Å². The number of hydrogen-bond acceptors (Lipinski definition) is 2. The summed E-state index contributed by atoms with van der Waals surface area (Å²) in [4.78, 5) is 0. The second kappa shape index (κ2) is 4.15. The molecule has 10 heteroatoms. The first kappa shape index (κ1) is 15.7. The summed E-state index contributed by atoms with van der Waals surface area (Å²) in [6.07, 6.45) is -6.29. The van der Waals surface area contributed by atoms with Gasteiger partial charge in [0, 0.05) is 51.4 Å². The third-order valence-corrected chi connectivity index (χ3v) is 1.53. The number of rotatable bonds is 1. The Hall–Kier alpha value is 1.20. The van der Waals surface area contributed by atoms with Crippen LogP contribution in [0.4, 0.5) is 22.0 Å². The monoisotopic (exact) mass is 239 g/mol. The number of alkyl halides is 5. The van der Waals surface area contributed by atoms with Crippen LogP contribution in [-0.2, 0) is 10.1 Å². The Morgan fingerprint density at radius 3 is 1.25 bits per heavy atom. The minimum absolute atomic E-state index is 0. The maximum absolute atomic E-state index is 11.5. The zero-order chi connectivity index (χ0) is 9.50. The van der Waals surface area contributed by atoms with Gasteiger partial charge in [0.05, 0.1) is 0 Å². The van der Waals surface area contributed by atoms with Crippen molar-refractivity contribution in [2.75, 3.05) is 0 Å². The molecule has 0 fully saturated rings. The molecule has 0 amide bonds. The molecule has 0 aliphatic heterocycles. The molecule has 3 nitrogen and oxygen atoms in total. The Kier molecular flexibility index (Phi) is 5.41. The second-order valence-electron chi connectivity index (χ2n) is 1.49. The van der Waals surface area contributed by atoms with Crippen LogP contribution < -0.4 is 0 Å². The summed E-state index contributed by atoms with van der Waals surface area (Å²) >= 11 is 0. The van der Waals surface area contributed by atoms with Crippen molar-refractivity contribution in [1.29, 1.82) is 0 Å². The molecule has 0 aromatic rings. The molecule has 0 saturated heterocycles. The molecule has 0 unspecified atom stereocenters. The molecule has 1 radical (unpaired) electrons. The van der Waals surface area contributed by atoms with Crippen molar-refractivity contribution in [3.05, 3.63) is 0 Å². The maximum Gasteiger partial charge on any atom is 0.472 e. The standard InChI is InChI=1S/C2HF5O3S.K/c3-1(4,5)2(6,7)11(8,9)10;/h(H,8,9,10);. The molecule has 12 heavy (non-hydrogen) atoms. The van der Waals surface area contributed by atoms with Gasteiger partial charge in [0.25, 0.3) is 0 Å². The van der Waals surface area contributed by atoms with Crippen LogP contribution in [0.1, 0.15) is 0 Å². The van der Waals surface area contributed by atoms with E-state index in [0.29, 0.717) is 0 Å². The first-order valence-electron chi connectivity index (χ1n) is 1.91. The summed E-state index contributed by atoms with van der Waals surface area (Å²) in [5, 5.41) is -6.10. The van der Waals surface area contributed by atoms with Crippen LogP contribution in [-0.4, -0.2) is 75.8 Å². The molecule has 69 valence electrons. The quantitative estimate of drug-likeness (QED) is 0.415. The van der Waals surface area contributed by atoms with E-state index in [2.05, 4.69) is 0 Å². The molecular weight excluding hydrogens is 238 g/mol. The number of hydrogen-bond donors (Lipinski definition) is 1. The van der Waals surface area contributed by atoms with E-state index in [4.69, 9.17) is 4.55 Å². The van der Waals surface area contributed by atoms with Crippen LogP contribution in [0.2, 0.25) is 0 Å². The van der Waals surface area contributed by atoms with E-state index >= 15 is 0 Å². The van der Waals surface area contributed by atoms with Gasteiger partial charge in [0.2, 0.25) is 0 Å². The van der Waals surface area contributed by atoms with E-state index < -0.39 is 21.5 Å². The van der Waals surface area contributed by atoms with Gasteiger partial charge in [-0.3, -0.25) is 4.55 Å². The summed E-state index contributed by atoms with van der Waals surface area (Å²) in [5.74, 6) is 0. The van der Waals surface area contributed by atoms with E-state index in [1.54, 1.807) is 0 Å². The van der Waals surface area contributed by atoms with Gasteiger partial charge in [-0.2, -0.15) is 30.4 Å². The first-order chi connectivity index (χ1) is 4.50. The average Bonchev–Trinajstić information content (AvgIpc) is 1.58. The Morgan fingerprint density at radius 2 is 1.25 bits per heavy atom. The number of halogens is 5. The van der Waals surface area contributed by atoms with Gasteiger partial charge in [-0.05, 0) is 0 Å². The minimum Gasteiger partial charge on any atom is -0.281 e. The molecule has 0 aromatic heterocycles. The van der Waals surface area contributed by atoms with Gasteiger partial charge in [0.15, 0.2) is 0 Å². The molecular formula is C2HF5KO3S. The van der Waals surface area contributed by atoms with Crippen LogP contribution in [0.15, 0.2) is 0 Å². The molecule has 0 saturated carbocycles. The van der Waals surface area contributed by atoms with Crippen molar-refractivity contribution in [2.24, 2.45) is 0 Å². The van der Waals surface area contributed by atoms with Gasteiger partial charge in [-0.15, -0.1) is 0 Å². The van der Waals surface area contributed by atoms with Crippen molar-refractivity contribution in [3.63, 3.8) is 0 Å². The normalized spacial score (nSPS) is 13.8. The Morgan fingerprint density at radius 1 is 1.00 bits per heavy atom. The van der Waals surface area contributed by atoms with E-state index in [9.17, 15) is 30.4 Å². The van der Waals surface area contributed by atoms with Crippen LogP contribution in [0.5, 0.6) is 0 Å². The molecule has 0 spiro atoms. The van der Waals surface area contributed by atoms with E-state index in [1.807, 2.05) is 0 Å². The molecule has 0 rings (SSSR count). The average molecular weight is 239 g/mol. The van der Waals surface area contributed by atoms with Crippen molar-refractivity contribution in [3.8, 4) is 0 Å². The van der Waals surface area contributed by atoms with Crippen LogP contribution in [0.3, 0.4) is 0 Å². The van der Waals surface area contributed by atoms with Crippen molar-refractivity contribution in [1.82, 2.24) is 0 Å². The third kappa shape index (κ3) is 3.16. The predicted molar refractivity (Wildman–Crippen MR) is 28.3 cm³/mol. The van der Waals surface area contributed by atoms with Gasteiger partial charge >= 0.3 is 21.5 Å². The topological polar surface area (TPSA) is 54.4 Å². The fraction of sp³-hybridized carbons (Fsp3) is 1.00. The van der Waals surface area contributed by atoms with Crippen LogP contribution in [0, 0.1) is 0 Å². The van der Waals surface area contributed by atoms with Crippen molar-refractivity contribution < 1.29 is 34.9 Å². The Balaban J connectivity index is 0. The van der Waals surface area contributed by atoms with Crippen molar-refractivity contribution >= 4 is 61.5 Å². The molecule has 1 N–H and O–H groups in total. The summed E-state index contributed by atoms with van der Waals surface area (Å²) in [7, 11) is -6.42. The van der Waals surface area contributed by atoms with E-state index in [-0.39, 0.29) is 51.4 Å². The molecule has 0 atom stereocenters. The Bertz CT molecular complexity index is 242. The predicted octanol–water partition coefficient (Wildman–Crippen LogP) is 0.649. The Labute approximate surface area is 106 Å². The van der Waals surface area contributed by atoms with Crippen LogP contribution >= 0.6 is 0 Å². The summed E-state index contributed by atoms with van der Waals surface area (Å²) in [6, 6.07) is 0.